The van der Waals surface area contributed by atoms with E-state index in [1.165, 1.54) is 41.6 Å². The van der Waals surface area contributed by atoms with E-state index >= 15 is 0 Å². The summed E-state index contributed by atoms with van der Waals surface area (Å²) in [5.41, 5.74) is 0.908. The van der Waals surface area contributed by atoms with Crippen LogP contribution in [-0.2, 0) is 14.3 Å². The lowest BCUT2D eigenvalue weighted by atomic mass is 9.95. The van der Waals surface area contributed by atoms with E-state index < -0.39 is 23.5 Å². The number of aromatic nitrogens is 1. The van der Waals surface area contributed by atoms with E-state index in [4.69, 9.17) is 4.74 Å². The number of benzene rings is 1. The van der Waals surface area contributed by atoms with Crippen molar-refractivity contribution >= 4 is 17.4 Å². The molecular formula is C20H19FN2O4. The van der Waals surface area contributed by atoms with Crippen molar-refractivity contribution < 1.29 is 23.8 Å². The molecule has 0 radical (unpaired) electrons. The summed E-state index contributed by atoms with van der Waals surface area (Å²) in [6.07, 6.45) is 3.49. The second-order valence-corrected chi connectivity index (χ2v) is 6.13. The van der Waals surface area contributed by atoms with E-state index in [0.717, 1.165) is 0 Å². The van der Waals surface area contributed by atoms with Gasteiger partial charge in [-0.1, -0.05) is 12.1 Å². The van der Waals surface area contributed by atoms with Gasteiger partial charge < -0.3 is 14.7 Å². The molecule has 1 unspecified atom stereocenters. The van der Waals surface area contributed by atoms with Gasteiger partial charge in [0.2, 0.25) is 0 Å². The van der Waals surface area contributed by atoms with Gasteiger partial charge in [-0.15, -0.1) is 0 Å². The van der Waals surface area contributed by atoms with Gasteiger partial charge in [-0.25, -0.2) is 4.39 Å². The van der Waals surface area contributed by atoms with Crippen LogP contribution in [0.5, 0.6) is 0 Å². The second kappa shape index (κ2) is 8.09. The van der Waals surface area contributed by atoms with Gasteiger partial charge in [-0.3, -0.25) is 14.6 Å². The number of methoxy groups -OCH3 is 1. The molecule has 7 heteroatoms. The number of amides is 1. The first-order valence-electron chi connectivity index (χ1n) is 8.47. The Balaban J connectivity index is 2.10. The van der Waals surface area contributed by atoms with Crippen LogP contribution in [0.15, 0.2) is 54.4 Å². The van der Waals surface area contributed by atoms with Gasteiger partial charge in [0.15, 0.2) is 0 Å². The molecule has 1 aliphatic heterocycles. The molecule has 1 aliphatic rings. The fourth-order valence-corrected chi connectivity index (χ4v) is 3.15. The standard InChI is InChI=1S/C20H19FN2O4/c1-27-12-2-11-23-17(13-3-5-15(21)6-4-13)16(19(25)20(23)26)18(24)14-7-9-22-10-8-14/h3-10,17,24H,2,11-12H2,1H3. The van der Waals surface area contributed by atoms with Gasteiger partial charge in [-0.2, -0.15) is 0 Å². The Bertz CT molecular complexity index is 865. The molecule has 0 saturated carbocycles. The number of likely N-dealkylation sites (tertiary alicyclic amines) is 1. The smallest absolute Gasteiger partial charge is 0.295 e. The summed E-state index contributed by atoms with van der Waals surface area (Å²) in [6, 6.07) is 7.85. The Morgan fingerprint density at radius 1 is 1.19 bits per heavy atom. The Kier molecular flexibility index (Phi) is 5.61. The number of rotatable bonds is 6. The van der Waals surface area contributed by atoms with Crippen LogP contribution >= 0.6 is 0 Å². The van der Waals surface area contributed by atoms with Crippen molar-refractivity contribution in [1.82, 2.24) is 9.88 Å². The van der Waals surface area contributed by atoms with Crippen LogP contribution in [0.3, 0.4) is 0 Å². The van der Waals surface area contributed by atoms with Crippen LogP contribution in [0, 0.1) is 5.82 Å². The normalized spacial score (nSPS) is 18.9. The molecule has 1 aromatic heterocycles. The number of pyridine rings is 1. The third kappa shape index (κ3) is 3.73. The lowest BCUT2D eigenvalue weighted by molar-refractivity contribution is -0.140. The number of carbonyl (C=O) groups excluding carboxylic acids is 2. The highest BCUT2D eigenvalue weighted by Crippen LogP contribution is 2.39. The Labute approximate surface area is 155 Å². The van der Waals surface area contributed by atoms with Crippen LogP contribution in [0.4, 0.5) is 4.39 Å². The number of hydrogen-bond donors (Lipinski definition) is 1. The van der Waals surface area contributed by atoms with E-state index in [0.29, 0.717) is 24.2 Å². The van der Waals surface area contributed by atoms with Crippen molar-refractivity contribution in [1.29, 1.82) is 0 Å². The number of ketones is 1. The van der Waals surface area contributed by atoms with E-state index in [-0.39, 0.29) is 17.9 Å². The first-order chi connectivity index (χ1) is 13.0. The van der Waals surface area contributed by atoms with Crippen molar-refractivity contribution in [3.05, 3.63) is 71.3 Å². The summed E-state index contributed by atoms with van der Waals surface area (Å²) in [6.45, 7) is 0.692. The van der Waals surface area contributed by atoms with Crippen molar-refractivity contribution in [3.8, 4) is 0 Å². The largest absolute Gasteiger partial charge is 0.507 e. The van der Waals surface area contributed by atoms with Crippen molar-refractivity contribution in [2.24, 2.45) is 0 Å². The topological polar surface area (TPSA) is 79.7 Å². The fraction of sp³-hybridized carbons (Fsp3) is 0.250. The minimum absolute atomic E-state index is 0.0183. The predicted molar refractivity (Wildman–Crippen MR) is 96.1 cm³/mol. The third-order valence-corrected chi connectivity index (χ3v) is 4.43. The minimum Gasteiger partial charge on any atom is -0.507 e. The van der Waals surface area contributed by atoms with Gasteiger partial charge in [0.25, 0.3) is 11.7 Å². The van der Waals surface area contributed by atoms with Gasteiger partial charge in [0.1, 0.15) is 11.6 Å². The van der Waals surface area contributed by atoms with Gasteiger partial charge >= 0.3 is 0 Å². The molecule has 0 spiro atoms. The molecule has 2 aromatic rings. The summed E-state index contributed by atoms with van der Waals surface area (Å²) in [4.78, 5) is 30.6. The molecule has 0 bridgehead atoms. The zero-order valence-electron chi connectivity index (χ0n) is 14.8. The lowest BCUT2D eigenvalue weighted by Crippen LogP contribution is -2.31. The average Bonchev–Trinajstić information content (AvgIpc) is 2.94. The van der Waals surface area contributed by atoms with Crippen LogP contribution in [0.25, 0.3) is 5.76 Å². The van der Waals surface area contributed by atoms with E-state index in [1.54, 1.807) is 19.2 Å². The van der Waals surface area contributed by atoms with Gasteiger partial charge in [0.05, 0.1) is 11.6 Å². The highest BCUT2D eigenvalue weighted by molar-refractivity contribution is 6.46. The second-order valence-electron chi connectivity index (χ2n) is 6.13. The number of carbonyl (C=O) groups is 2. The molecule has 27 heavy (non-hydrogen) atoms. The minimum atomic E-state index is -0.796. The maximum absolute atomic E-state index is 13.4. The summed E-state index contributed by atoms with van der Waals surface area (Å²) in [7, 11) is 1.55. The molecule has 1 amide bonds. The number of Topliss-reactive ketones (excluding diaryl/α,β-unsaturated/α-hetero) is 1. The Morgan fingerprint density at radius 3 is 2.48 bits per heavy atom. The number of aliphatic hydroxyl groups excluding tert-OH is 1. The van der Waals surface area contributed by atoms with Crippen LogP contribution in [0.1, 0.15) is 23.6 Å². The van der Waals surface area contributed by atoms with E-state index in [9.17, 15) is 19.1 Å². The third-order valence-electron chi connectivity index (χ3n) is 4.43. The zero-order valence-corrected chi connectivity index (χ0v) is 14.8. The van der Waals surface area contributed by atoms with Crippen molar-refractivity contribution in [3.63, 3.8) is 0 Å². The molecule has 0 aliphatic carbocycles. The molecule has 1 fully saturated rings. The van der Waals surface area contributed by atoms with E-state index in [2.05, 4.69) is 4.98 Å². The van der Waals surface area contributed by atoms with Gasteiger partial charge in [0, 0.05) is 38.2 Å². The number of nitrogens with zero attached hydrogens (tertiary/aromatic N) is 2. The first kappa shape index (κ1) is 18.7. The predicted octanol–water partition coefficient (Wildman–Crippen LogP) is 2.68. The molecule has 3 rings (SSSR count). The van der Waals surface area contributed by atoms with E-state index in [1.807, 2.05) is 0 Å². The molecule has 1 N–H and O–H groups in total. The highest BCUT2D eigenvalue weighted by Gasteiger charge is 2.45. The molecule has 1 aromatic carbocycles. The monoisotopic (exact) mass is 370 g/mol. The molecule has 6 nitrogen and oxygen atoms in total. The highest BCUT2D eigenvalue weighted by atomic mass is 19.1. The maximum atomic E-state index is 13.4. The van der Waals surface area contributed by atoms with Crippen LogP contribution in [-0.4, -0.2) is 46.9 Å². The molecule has 1 saturated heterocycles. The number of hydrogen-bond acceptors (Lipinski definition) is 5. The van der Waals surface area contributed by atoms with Crippen molar-refractivity contribution in [2.45, 2.75) is 12.5 Å². The average molecular weight is 370 g/mol. The quantitative estimate of drug-likeness (QED) is 0.366. The van der Waals surface area contributed by atoms with Crippen LogP contribution < -0.4 is 0 Å². The van der Waals surface area contributed by atoms with Crippen molar-refractivity contribution in [2.75, 3.05) is 20.3 Å². The molecule has 2 heterocycles. The Hall–Kier alpha value is -3.06. The number of aliphatic hydroxyl groups is 1. The summed E-state index contributed by atoms with van der Waals surface area (Å²) >= 11 is 0. The number of ether oxygens (including phenoxy) is 1. The molecule has 1 atom stereocenters. The summed E-state index contributed by atoms with van der Waals surface area (Å²) in [5.74, 6) is -2.17. The maximum Gasteiger partial charge on any atom is 0.295 e. The fourth-order valence-electron chi connectivity index (χ4n) is 3.15. The SMILES string of the molecule is COCCCN1C(=O)C(=O)C(=C(O)c2ccncc2)C1c1ccc(F)cc1. The number of halogens is 1. The zero-order chi connectivity index (χ0) is 19.4. The summed E-state index contributed by atoms with van der Waals surface area (Å²) < 4.78 is 18.4. The molecular weight excluding hydrogens is 351 g/mol. The Morgan fingerprint density at radius 2 is 1.85 bits per heavy atom. The lowest BCUT2D eigenvalue weighted by Gasteiger charge is -2.25. The first-order valence-corrected chi connectivity index (χ1v) is 8.47. The van der Waals surface area contributed by atoms with Gasteiger partial charge in [-0.05, 0) is 36.2 Å². The molecule has 140 valence electrons. The summed E-state index contributed by atoms with van der Waals surface area (Å²) in [5, 5.41) is 10.7. The van der Waals surface area contributed by atoms with Crippen LogP contribution in [0.2, 0.25) is 0 Å².